The predicted molar refractivity (Wildman–Crippen MR) is 81.0 cm³/mol. The number of benzene rings is 1. The summed E-state index contributed by atoms with van der Waals surface area (Å²) in [6, 6.07) is 8.78. The van der Waals surface area contributed by atoms with Gasteiger partial charge in [-0.05, 0) is 12.3 Å². The number of aromatic nitrogens is 2. The molecule has 0 saturated carbocycles. The smallest absolute Gasteiger partial charge is 0.435 e. The van der Waals surface area contributed by atoms with Gasteiger partial charge in [-0.25, -0.2) is 4.68 Å². The molecule has 2 aromatic rings. The van der Waals surface area contributed by atoms with Crippen molar-refractivity contribution < 1.29 is 22.7 Å². The van der Waals surface area contributed by atoms with Crippen LogP contribution < -0.4 is 4.74 Å². The van der Waals surface area contributed by atoms with E-state index < -0.39 is 18.0 Å². The molecule has 2 heterocycles. The van der Waals surface area contributed by atoms with Gasteiger partial charge in [-0.1, -0.05) is 37.3 Å². The summed E-state index contributed by atoms with van der Waals surface area (Å²) in [6.07, 6.45) is -4.51. The van der Waals surface area contributed by atoms with E-state index in [0.717, 1.165) is 4.68 Å². The van der Waals surface area contributed by atoms with Gasteiger partial charge < -0.3 is 4.74 Å². The minimum Gasteiger partial charge on any atom is -0.474 e. The van der Waals surface area contributed by atoms with E-state index in [4.69, 9.17) is 4.74 Å². The number of carbonyl (C=O) groups is 1. The fourth-order valence-electron chi connectivity index (χ4n) is 3.11. The van der Waals surface area contributed by atoms with Crippen LogP contribution in [0.2, 0.25) is 0 Å². The number of rotatable bonds is 3. The largest absolute Gasteiger partial charge is 0.474 e. The molecule has 1 aliphatic heterocycles. The highest BCUT2D eigenvalue weighted by atomic mass is 19.4. The van der Waals surface area contributed by atoms with Gasteiger partial charge in [-0.3, -0.25) is 4.79 Å². The first-order valence-corrected chi connectivity index (χ1v) is 7.66. The van der Waals surface area contributed by atoms with Crippen molar-refractivity contribution in [3.05, 3.63) is 47.2 Å². The van der Waals surface area contributed by atoms with Crippen molar-refractivity contribution in [2.45, 2.75) is 38.0 Å². The molecule has 0 aliphatic carbocycles. The highest BCUT2D eigenvalue weighted by Gasteiger charge is 2.43. The second-order valence-electron chi connectivity index (χ2n) is 6.06. The Bertz CT molecular complexity index is 753. The van der Waals surface area contributed by atoms with Crippen molar-refractivity contribution in [1.82, 2.24) is 9.78 Å². The topological polar surface area (TPSA) is 44.1 Å². The number of alkyl halides is 3. The number of ether oxygens (including phenoxy) is 1. The highest BCUT2D eigenvalue weighted by Crippen LogP contribution is 2.44. The molecule has 0 bridgehead atoms. The Hall–Kier alpha value is -2.31. The molecule has 0 fully saturated rings. The van der Waals surface area contributed by atoms with Crippen LogP contribution in [-0.2, 0) is 13.2 Å². The molecule has 0 N–H and O–H groups in total. The molecule has 0 saturated heterocycles. The lowest BCUT2D eigenvalue weighted by molar-refractivity contribution is -0.142. The normalized spacial score (nSPS) is 20.4. The molecule has 1 aliphatic rings. The number of hydrogen-bond donors (Lipinski definition) is 0. The maximum absolute atomic E-state index is 13.1. The lowest BCUT2D eigenvalue weighted by Crippen LogP contribution is -2.28. The zero-order valence-electron chi connectivity index (χ0n) is 13.3. The van der Waals surface area contributed by atoms with Crippen molar-refractivity contribution >= 4 is 5.78 Å². The number of fused-ring (bicyclic) bond motifs is 1. The first-order chi connectivity index (χ1) is 11.3. The predicted octanol–water partition coefficient (Wildman–Crippen LogP) is 3.97. The lowest BCUT2D eigenvalue weighted by atomic mass is 9.89. The van der Waals surface area contributed by atoms with E-state index in [1.807, 2.05) is 6.07 Å². The molecule has 7 heteroatoms. The number of halogens is 3. The van der Waals surface area contributed by atoms with Gasteiger partial charge in [0.15, 0.2) is 11.5 Å². The van der Waals surface area contributed by atoms with E-state index in [0.29, 0.717) is 12.0 Å². The number of carbonyl (C=O) groups excluding carboxylic acids is 1. The van der Waals surface area contributed by atoms with Crippen LogP contribution in [0.15, 0.2) is 30.3 Å². The van der Waals surface area contributed by atoms with E-state index in [2.05, 4.69) is 5.10 Å². The Morgan fingerprint density at radius 3 is 2.62 bits per heavy atom. The van der Waals surface area contributed by atoms with Crippen molar-refractivity contribution in [1.29, 1.82) is 0 Å². The lowest BCUT2D eigenvalue weighted by Gasteiger charge is -2.28. The first kappa shape index (κ1) is 16.5. The molecule has 2 atom stereocenters. The maximum Gasteiger partial charge on any atom is 0.435 e. The molecule has 1 aromatic carbocycles. The molecule has 1 aromatic heterocycles. The van der Waals surface area contributed by atoms with E-state index in [9.17, 15) is 18.0 Å². The monoisotopic (exact) mass is 338 g/mol. The zero-order chi connectivity index (χ0) is 17.5. The SMILES string of the molecule is C[C@@H]1C[C@@H](CC(=O)c2ccccc2)Oc2c1c(C(F)(F)F)nn2C. The summed E-state index contributed by atoms with van der Waals surface area (Å²) in [5.74, 6) is -0.367. The Balaban J connectivity index is 1.83. The Morgan fingerprint density at radius 2 is 2.00 bits per heavy atom. The molecular weight excluding hydrogens is 321 g/mol. The molecule has 24 heavy (non-hydrogen) atoms. The van der Waals surface area contributed by atoms with Gasteiger partial charge in [0.25, 0.3) is 0 Å². The summed E-state index contributed by atoms with van der Waals surface area (Å²) in [7, 11) is 1.42. The van der Waals surface area contributed by atoms with Crippen molar-refractivity contribution in [3.8, 4) is 5.88 Å². The van der Waals surface area contributed by atoms with Crippen LogP contribution in [0.4, 0.5) is 13.2 Å². The van der Waals surface area contributed by atoms with Crippen molar-refractivity contribution in [3.63, 3.8) is 0 Å². The minimum absolute atomic E-state index is 0.0772. The second-order valence-corrected chi connectivity index (χ2v) is 6.06. The molecular formula is C17H17F3N2O2. The maximum atomic E-state index is 13.1. The third-order valence-electron chi connectivity index (χ3n) is 4.19. The molecule has 0 spiro atoms. The number of Topliss-reactive ketones (excluding diaryl/α,β-unsaturated/α-hetero) is 1. The van der Waals surface area contributed by atoms with Crippen LogP contribution in [0.25, 0.3) is 0 Å². The molecule has 0 radical (unpaired) electrons. The molecule has 4 nitrogen and oxygen atoms in total. The summed E-state index contributed by atoms with van der Waals surface area (Å²) in [5, 5.41) is 3.57. The van der Waals surface area contributed by atoms with Crippen LogP contribution in [0, 0.1) is 0 Å². The highest BCUT2D eigenvalue weighted by molar-refractivity contribution is 5.96. The number of hydrogen-bond acceptors (Lipinski definition) is 3. The van der Waals surface area contributed by atoms with Gasteiger partial charge in [0.2, 0.25) is 5.88 Å². The van der Waals surface area contributed by atoms with Gasteiger partial charge in [0.1, 0.15) is 6.10 Å². The summed E-state index contributed by atoms with van der Waals surface area (Å²) >= 11 is 0. The summed E-state index contributed by atoms with van der Waals surface area (Å²) in [6.45, 7) is 1.71. The fraction of sp³-hybridized carbons (Fsp3) is 0.412. The molecule has 128 valence electrons. The molecule has 3 rings (SSSR count). The zero-order valence-corrected chi connectivity index (χ0v) is 13.3. The van der Waals surface area contributed by atoms with E-state index >= 15 is 0 Å². The molecule has 0 amide bonds. The summed E-state index contributed by atoms with van der Waals surface area (Å²) < 4.78 is 46.1. The fourth-order valence-corrected chi connectivity index (χ4v) is 3.11. The van der Waals surface area contributed by atoms with Crippen molar-refractivity contribution in [2.75, 3.05) is 0 Å². The van der Waals surface area contributed by atoms with Gasteiger partial charge in [0.05, 0.1) is 0 Å². The van der Waals surface area contributed by atoms with E-state index in [1.54, 1.807) is 31.2 Å². The summed E-state index contributed by atoms with van der Waals surface area (Å²) in [4.78, 5) is 12.3. The van der Waals surface area contributed by atoms with Gasteiger partial charge in [-0.2, -0.15) is 18.3 Å². The van der Waals surface area contributed by atoms with Crippen molar-refractivity contribution in [2.24, 2.45) is 7.05 Å². The quantitative estimate of drug-likeness (QED) is 0.796. The number of nitrogens with zero attached hydrogens (tertiary/aromatic N) is 2. The average molecular weight is 338 g/mol. The van der Waals surface area contributed by atoms with Gasteiger partial charge in [-0.15, -0.1) is 0 Å². The number of ketones is 1. The third kappa shape index (κ3) is 3.02. The first-order valence-electron chi connectivity index (χ1n) is 7.66. The van der Waals surface area contributed by atoms with Crippen LogP contribution in [-0.4, -0.2) is 21.7 Å². The van der Waals surface area contributed by atoms with E-state index in [-0.39, 0.29) is 29.6 Å². The van der Waals surface area contributed by atoms with E-state index in [1.165, 1.54) is 7.05 Å². The summed E-state index contributed by atoms with van der Waals surface area (Å²) in [5.41, 5.74) is -0.255. The second kappa shape index (κ2) is 5.96. The Labute approximate surface area is 137 Å². The van der Waals surface area contributed by atoms with Crippen LogP contribution in [0.1, 0.15) is 47.3 Å². The van der Waals surface area contributed by atoms with Gasteiger partial charge >= 0.3 is 6.18 Å². The number of aryl methyl sites for hydroxylation is 1. The average Bonchev–Trinajstić information content (AvgIpc) is 2.86. The Morgan fingerprint density at radius 1 is 1.33 bits per heavy atom. The third-order valence-corrected chi connectivity index (χ3v) is 4.19. The van der Waals surface area contributed by atoms with Crippen LogP contribution in [0.5, 0.6) is 5.88 Å². The van der Waals surface area contributed by atoms with Crippen LogP contribution in [0.3, 0.4) is 0 Å². The van der Waals surface area contributed by atoms with Gasteiger partial charge in [0, 0.05) is 24.6 Å². The standard InChI is InChI=1S/C17H17F3N2O2/c1-10-8-12(9-13(23)11-6-4-3-5-7-11)24-16-14(10)15(17(18,19)20)21-22(16)2/h3-7,10,12H,8-9H2,1-2H3/t10-,12+/m1/s1. The molecule has 0 unspecified atom stereocenters. The minimum atomic E-state index is -4.52. The Kier molecular flexibility index (Phi) is 4.11. The van der Waals surface area contributed by atoms with Crippen LogP contribution >= 0.6 is 0 Å².